The number of halogens is 2. The Balaban J connectivity index is 3.27. The van der Waals surface area contributed by atoms with E-state index >= 15 is 0 Å². The number of hydrogen-bond acceptors (Lipinski definition) is 2. The highest BCUT2D eigenvalue weighted by molar-refractivity contribution is 6.74. The summed E-state index contributed by atoms with van der Waals surface area (Å²) in [6, 6.07) is 5.54. The molecule has 0 spiro atoms. The SMILES string of the molecule is CO[C@@H](c1c(Cl)cccc1Cl)[C@@H](O[Si](C)(C)C(C)(C)C)C(C)C. The van der Waals surface area contributed by atoms with Crippen LogP contribution in [0.1, 0.15) is 46.3 Å². The quantitative estimate of drug-likeness (QED) is 0.512. The molecule has 0 fully saturated rings. The van der Waals surface area contributed by atoms with Crippen LogP contribution in [0.5, 0.6) is 0 Å². The van der Waals surface area contributed by atoms with E-state index in [0.29, 0.717) is 10.0 Å². The fourth-order valence-electron chi connectivity index (χ4n) is 2.26. The summed E-state index contributed by atoms with van der Waals surface area (Å²) in [6.07, 6.45) is -0.386. The van der Waals surface area contributed by atoms with Crippen LogP contribution < -0.4 is 0 Å². The van der Waals surface area contributed by atoms with Gasteiger partial charge in [-0.05, 0) is 36.2 Å². The molecule has 1 aromatic rings. The number of ether oxygens (including phenoxy) is 1. The van der Waals surface area contributed by atoms with Crippen molar-refractivity contribution >= 4 is 31.5 Å². The standard InChI is InChI=1S/C18H30Cl2O2Si/c1-12(2)16(22-23(7,8)18(3,4)5)17(21-6)15-13(19)10-9-11-14(15)20/h9-12,16-17H,1-8H3/t16-,17-/m0/s1. The third-order valence-electron chi connectivity index (χ3n) is 4.73. The lowest BCUT2D eigenvalue weighted by Crippen LogP contribution is -2.47. The van der Waals surface area contributed by atoms with Crippen molar-refractivity contribution in [2.24, 2.45) is 5.92 Å². The Kier molecular flexibility index (Phi) is 7.19. The summed E-state index contributed by atoms with van der Waals surface area (Å²) in [4.78, 5) is 0. The molecule has 0 aromatic heterocycles. The lowest BCUT2D eigenvalue weighted by molar-refractivity contribution is -0.0284. The summed E-state index contributed by atoms with van der Waals surface area (Å²) < 4.78 is 12.5. The number of rotatable bonds is 6. The molecule has 0 radical (unpaired) electrons. The molecule has 0 aliphatic heterocycles. The van der Waals surface area contributed by atoms with E-state index in [1.807, 2.05) is 18.2 Å². The Hall–Kier alpha value is -0.0631. The minimum absolute atomic E-state index is 0.0988. The molecule has 0 bridgehead atoms. The summed E-state index contributed by atoms with van der Waals surface area (Å²) in [7, 11) is -0.254. The fourth-order valence-corrected chi connectivity index (χ4v) is 4.31. The molecule has 1 rings (SSSR count). The lowest BCUT2D eigenvalue weighted by Gasteiger charge is -2.42. The molecule has 0 N–H and O–H groups in total. The maximum Gasteiger partial charge on any atom is 0.192 e. The van der Waals surface area contributed by atoms with E-state index in [0.717, 1.165) is 5.56 Å². The predicted octanol–water partition coefficient (Wildman–Crippen LogP) is 6.73. The van der Waals surface area contributed by atoms with Gasteiger partial charge in [-0.15, -0.1) is 0 Å². The van der Waals surface area contributed by atoms with Crippen molar-refractivity contribution in [2.75, 3.05) is 7.11 Å². The molecule has 0 saturated carbocycles. The van der Waals surface area contributed by atoms with Gasteiger partial charge in [0.05, 0.1) is 6.10 Å². The smallest absolute Gasteiger partial charge is 0.192 e. The highest BCUT2D eigenvalue weighted by Gasteiger charge is 2.42. The molecular formula is C18H30Cl2O2Si. The highest BCUT2D eigenvalue weighted by Crippen LogP contribution is 2.43. The van der Waals surface area contributed by atoms with Gasteiger partial charge in [0.2, 0.25) is 0 Å². The monoisotopic (exact) mass is 376 g/mol. The van der Waals surface area contributed by atoms with Gasteiger partial charge in [0.1, 0.15) is 6.10 Å². The average Bonchev–Trinajstić information content (AvgIpc) is 2.39. The first-order valence-corrected chi connectivity index (χ1v) is 11.7. The van der Waals surface area contributed by atoms with E-state index in [-0.39, 0.29) is 23.2 Å². The van der Waals surface area contributed by atoms with E-state index in [1.165, 1.54) is 0 Å². The van der Waals surface area contributed by atoms with Crippen molar-refractivity contribution in [3.63, 3.8) is 0 Å². The first kappa shape index (κ1) is 21.0. The Bertz CT molecular complexity index is 504. The summed E-state index contributed by atoms with van der Waals surface area (Å²) in [5, 5.41) is 1.37. The average molecular weight is 377 g/mol. The van der Waals surface area contributed by atoms with Gasteiger partial charge in [-0.25, -0.2) is 0 Å². The minimum atomic E-state index is -1.94. The number of hydrogen-bond donors (Lipinski definition) is 0. The zero-order valence-corrected chi connectivity index (χ0v) is 18.0. The van der Waals surface area contributed by atoms with Crippen LogP contribution in [0.2, 0.25) is 28.2 Å². The fraction of sp³-hybridized carbons (Fsp3) is 0.667. The molecule has 2 atom stereocenters. The van der Waals surface area contributed by atoms with E-state index in [1.54, 1.807) is 7.11 Å². The van der Waals surface area contributed by atoms with Crippen LogP contribution in [0.25, 0.3) is 0 Å². The molecule has 1 aromatic carbocycles. The van der Waals surface area contributed by atoms with Crippen molar-refractivity contribution in [3.8, 4) is 0 Å². The van der Waals surface area contributed by atoms with Crippen molar-refractivity contribution in [1.82, 2.24) is 0 Å². The zero-order chi connectivity index (χ0) is 18.0. The molecule has 0 unspecified atom stereocenters. The molecule has 0 amide bonds. The van der Waals surface area contributed by atoms with Crippen LogP contribution in [0, 0.1) is 5.92 Å². The van der Waals surface area contributed by atoms with Crippen molar-refractivity contribution in [1.29, 1.82) is 0 Å². The van der Waals surface area contributed by atoms with E-state index in [4.69, 9.17) is 32.4 Å². The Morgan fingerprint density at radius 2 is 1.52 bits per heavy atom. The molecule has 0 aliphatic rings. The van der Waals surface area contributed by atoms with Gasteiger partial charge >= 0.3 is 0 Å². The Morgan fingerprint density at radius 3 is 1.87 bits per heavy atom. The molecule has 0 heterocycles. The molecule has 5 heteroatoms. The molecule has 2 nitrogen and oxygen atoms in total. The molecule has 23 heavy (non-hydrogen) atoms. The van der Waals surface area contributed by atoms with E-state index in [9.17, 15) is 0 Å². The second-order valence-electron chi connectivity index (χ2n) is 7.88. The highest BCUT2D eigenvalue weighted by atomic mass is 35.5. The van der Waals surface area contributed by atoms with Crippen molar-refractivity contribution in [3.05, 3.63) is 33.8 Å². The van der Waals surface area contributed by atoms with Gasteiger partial charge in [-0.2, -0.15) is 0 Å². The topological polar surface area (TPSA) is 18.5 Å². The summed E-state index contributed by atoms with van der Waals surface area (Å²) in [5.74, 6) is 0.279. The van der Waals surface area contributed by atoms with Gasteiger partial charge in [-0.1, -0.05) is 63.9 Å². The normalized spacial score (nSPS) is 15.8. The van der Waals surface area contributed by atoms with Crippen LogP contribution in [0.15, 0.2) is 18.2 Å². The zero-order valence-electron chi connectivity index (χ0n) is 15.5. The summed E-state index contributed by atoms with van der Waals surface area (Å²) in [6.45, 7) is 15.5. The van der Waals surface area contributed by atoms with Crippen molar-refractivity contribution in [2.45, 2.75) is 65.0 Å². The summed E-state index contributed by atoms with van der Waals surface area (Å²) in [5.41, 5.74) is 0.816. The van der Waals surface area contributed by atoms with Crippen LogP contribution in [0.3, 0.4) is 0 Å². The molecular weight excluding hydrogens is 347 g/mol. The van der Waals surface area contributed by atoms with Crippen molar-refractivity contribution < 1.29 is 9.16 Å². The number of methoxy groups -OCH3 is 1. The second-order valence-corrected chi connectivity index (χ2v) is 13.4. The largest absolute Gasteiger partial charge is 0.411 e. The van der Waals surface area contributed by atoms with Crippen LogP contribution in [-0.2, 0) is 9.16 Å². The Labute approximate surface area is 152 Å². The summed E-state index contributed by atoms with van der Waals surface area (Å²) >= 11 is 12.8. The lowest BCUT2D eigenvalue weighted by atomic mass is 9.96. The van der Waals surface area contributed by atoms with Gasteiger partial charge in [-0.3, -0.25) is 0 Å². The minimum Gasteiger partial charge on any atom is -0.411 e. The van der Waals surface area contributed by atoms with Gasteiger partial charge < -0.3 is 9.16 Å². The third-order valence-corrected chi connectivity index (χ3v) is 9.86. The van der Waals surface area contributed by atoms with Crippen LogP contribution in [0.4, 0.5) is 0 Å². The molecule has 132 valence electrons. The maximum atomic E-state index is 6.68. The van der Waals surface area contributed by atoms with Crippen LogP contribution in [-0.4, -0.2) is 21.5 Å². The van der Waals surface area contributed by atoms with Gasteiger partial charge in [0.25, 0.3) is 0 Å². The Morgan fingerprint density at radius 1 is 1.04 bits per heavy atom. The van der Waals surface area contributed by atoms with E-state index in [2.05, 4.69) is 47.7 Å². The first-order chi connectivity index (χ1) is 10.4. The van der Waals surface area contributed by atoms with Gasteiger partial charge in [0, 0.05) is 22.7 Å². The van der Waals surface area contributed by atoms with Crippen LogP contribution >= 0.6 is 23.2 Å². The number of benzene rings is 1. The predicted molar refractivity (Wildman–Crippen MR) is 103 cm³/mol. The first-order valence-electron chi connectivity index (χ1n) is 8.07. The third kappa shape index (κ3) is 4.96. The second kappa shape index (κ2) is 7.88. The maximum absolute atomic E-state index is 6.68. The molecule has 0 saturated heterocycles. The van der Waals surface area contributed by atoms with Gasteiger partial charge in [0.15, 0.2) is 8.32 Å². The molecule has 0 aliphatic carbocycles. The van der Waals surface area contributed by atoms with E-state index < -0.39 is 8.32 Å².